The Bertz CT molecular complexity index is 820. The molecule has 0 spiro atoms. The highest BCUT2D eigenvalue weighted by atomic mass is 32.2. The Morgan fingerprint density at radius 2 is 1.71 bits per heavy atom. The number of allylic oxidation sites excluding steroid dienone is 5. The molecule has 0 aromatic heterocycles. The van der Waals surface area contributed by atoms with Gasteiger partial charge in [0, 0.05) is 17.2 Å². The number of aliphatic hydroxyl groups is 1. The van der Waals surface area contributed by atoms with E-state index in [9.17, 15) is 9.90 Å². The third-order valence-electron chi connectivity index (χ3n) is 4.87. The molecular weight excluding hydrogens is 404 g/mol. The average Bonchev–Trinajstić information content (AvgIpc) is 2.70. The van der Waals surface area contributed by atoms with Gasteiger partial charge in [0.25, 0.3) is 5.91 Å². The summed E-state index contributed by atoms with van der Waals surface area (Å²) in [6.45, 7) is 12.2. The van der Waals surface area contributed by atoms with Crippen molar-refractivity contribution < 1.29 is 9.90 Å². The van der Waals surface area contributed by atoms with Crippen LogP contribution in [0.2, 0.25) is 0 Å². The van der Waals surface area contributed by atoms with Crippen LogP contribution in [0.1, 0.15) is 63.7 Å². The zero-order chi connectivity index (χ0) is 23.2. The number of thioether (sulfide) groups is 1. The molecule has 1 atom stereocenters. The Kier molecular flexibility index (Phi) is 12.5. The minimum Gasteiger partial charge on any atom is -0.511 e. The first-order valence-corrected chi connectivity index (χ1v) is 11.9. The molecule has 1 rings (SSSR count). The first-order chi connectivity index (χ1) is 14.7. The lowest BCUT2D eigenvalue weighted by Crippen LogP contribution is -2.38. The van der Waals surface area contributed by atoms with Crippen molar-refractivity contribution in [2.24, 2.45) is 0 Å². The predicted octanol–water partition coefficient (Wildman–Crippen LogP) is 6.59. The molecule has 1 amide bonds. The summed E-state index contributed by atoms with van der Waals surface area (Å²) in [6, 6.07) is 6.37. The van der Waals surface area contributed by atoms with E-state index in [-0.39, 0.29) is 11.7 Å². The maximum absolute atomic E-state index is 12.4. The number of rotatable bonds is 13. The van der Waals surface area contributed by atoms with E-state index in [2.05, 4.69) is 57.8 Å². The van der Waals surface area contributed by atoms with Crippen LogP contribution in [-0.2, 0) is 0 Å². The van der Waals surface area contributed by atoms with E-state index in [1.54, 1.807) is 36.0 Å². The average molecular weight is 443 g/mol. The molecule has 0 heterocycles. The molecule has 0 unspecified atom stereocenters. The van der Waals surface area contributed by atoms with Gasteiger partial charge in [0.15, 0.2) is 0 Å². The van der Waals surface area contributed by atoms with Gasteiger partial charge in [-0.05, 0) is 65.5 Å². The Hall–Kier alpha value is -2.40. The number of aliphatic hydroxyl groups excluding tert-OH is 1. The van der Waals surface area contributed by atoms with Gasteiger partial charge in [0.05, 0.1) is 11.6 Å². The number of hydrogen-bond donors (Lipinski definition) is 3. The van der Waals surface area contributed by atoms with Crippen LogP contribution in [0.25, 0.3) is 0 Å². The first kappa shape index (κ1) is 26.6. The molecule has 4 nitrogen and oxygen atoms in total. The van der Waals surface area contributed by atoms with Crippen LogP contribution in [0.15, 0.2) is 71.6 Å². The van der Waals surface area contributed by atoms with E-state index >= 15 is 0 Å². The normalized spacial score (nSPS) is 12.9. The quantitative estimate of drug-likeness (QED) is 0.139. The van der Waals surface area contributed by atoms with E-state index in [0.717, 1.165) is 31.4 Å². The number of anilines is 1. The van der Waals surface area contributed by atoms with Crippen molar-refractivity contribution in [1.29, 1.82) is 0 Å². The number of nitrogens with two attached hydrogens (primary N) is 1. The SMILES string of the molecule is C=C(O)[C@H](CSC/C=C(\C)CC/C=C(\C)CCC=C(C)C)NC(=O)c1ccccc1N. The highest BCUT2D eigenvalue weighted by molar-refractivity contribution is 7.99. The summed E-state index contributed by atoms with van der Waals surface area (Å²) in [4.78, 5) is 12.4. The highest BCUT2D eigenvalue weighted by Gasteiger charge is 2.17. The van der Waals surface area contributed by atoms with E-state index in [1.165, 1.54) is 16.7 Å². The Morgan fingerprint density at radius 1 is 1.10 bits per heavy atom. The first-order valence-electron chi connectivity index (χ1n) is 10.8. The van der Waals surface area contributed by atoms with E-state index < -0.39 is 6.04 Å². The van der Waals surface area contributed by atoms with Gasteiger partial charge in [-0.25, -0.2) is 0 Å². The van der Waals surface area contributed by atoms with Crippen molar-refractivity contribution in [2.75, 3.05) is 17.2 Å². The van der Waals surface area contributed by atoms with Crippen molar-refractivity contribution in [3.8, 4) is 0 Å². The largest absolute Gasteiger partial charge is 0.511 e. The number of amides is 1. The van der Waals surface area contributed by atoms with Gasteiger partial charge in [-0.2, -0.15) is 11.8 Å². The fraction of sp³-hybridized carbons (Fsp3) is 0.423. The second-order valence-corrected chi connectivity index (χ2v) is 9.18. The van der Waals surface area contributed by atoms with E-state index in [0.29, 0.717) is 17.0 Å². The van der Waals surface area contributed by atoms with Crippen LogP contribution in [0.5, 0.6) is 0 Å². The van der Waals surface area contributed by atoms with Gasteiger partial charge < -0.3 is 16.2 Å². The van der Waals surface area contributed by atoms with Crippen molar-refractivity contribution >= 4 is 23.4 Å². The molecule has 5 heteroatoms. The number of hydrogen-bond acceptors (Lipinski definition) is 4. The van der Waals surface area contributed by atoms with Crippen LogP contribution in [0, 0.1) is 0 Å². The van der Waals surface area contributed by atoms with Crippen LogP contribution >= 0.6 is 11.8 Å². The molecule has 0 aliphatic carbocycles. The van der Waals surface area contributed by atoms with Crippen molar-refractivity contribution in [3.63, 3.8) is 0 Å². The molecule has 0 radical (unpaired) electrons. The van der Waals surface area contributed by atoms with Crippen molar-refractivity contribution in [3.05, 3.63) is 77.1 Å². The number of benzene rings is 1. The molecule has 0 saturated heterocycles. The lowest BCUT2D eigenvalue weighted by atomic mass is 10.1. The second-order valence-electron chi connectivity index (χ2n) is 8.10. The summed E-state index contributed by atoms with van der Waals surface area (Å²) in [5.74, 6) is 1.01. The standard InChI is InChI=1S/C26H38N2O2S/c1-19(2)10-8-11-20(3)12-9-13-21(4)16-17-31-18-25(22(5)29)28-26(30)23-14-6-7-15-24(23)27/h6-7,10,12,14-16,25,29H,5,8-9,11,13,17-18,27H2,1-4H3,(H,28,30)/b20-12+,21-16+/t25-/m0/s1. The Labute approximate surface area is 192 Å². The van der Waals surface area contributed by atoms with Crippen molar-refractivity contribution in [1.82, 2.24) is 5.32 Å². The maximum atomic E-state index is 12.4. The monoisotopic (exact) mass is 442 g/mol. The van der Waals surface area contributed by atoms with Gasteiger partial charge in [0.1, 0.15) is 5.76 Å². The van der Waals surface area contributed by atoms with E-state index in [1.807, 2.05) is 0 Å². The summed E-state index contributed by atoms with van der Waals surface area (Å²) in [7, 11) is 0. The third kappa shape index (κ3) is 11.5. The molecule has 0 aliphatic rings. The zero-order valence-electron chi connectivity index (χ0n) is 19.4. The Morgan fingerprint density at radius 3 is 2.32 bits per heavy atom. The van der Waals surface area contributed by atoms with Gasteiger partial charge >= 0.3 is 0 Å². The summed E-state index contributed by atoms with van der Waals surface area (Å²) in [5.41, 5.74) is 10.8. The fourth-order valence-electron chi connectivity index (χ4n) is 2.89. The topological polar surface area (TPSA) is 75.3 Å². The number of nitrogen functional groups attached to an aromatic ring is 1. The molecular formula is C26H38N2O2S. The van der Waals surface area contributed by atoms with Crippen LogP contribution in [-0.4, -0.2) is 28.6 Å². The molecule has 0 fully saturated rings. The third-order valence-corrected chi connectivity index (χ3v) is 5.84. The number of carbonyl (C=O) groups is 1. The van der Waals surface area contributed by atoms with Crippen molar-refractivity contribution in [2.45, 2.75) is 59.4 Å². The fourth-order valence-corrected chi connectivity index (χ4v) is 3.94. The molecule has 31 heavy (non-hydrogen) atoms. The van der Waals surface area contributed by atoms with Gasteiger partial charge in [0.2, 0.25) is 0 Å². The molecule has 170 valence electrons. The lowest BCUT2D eigenvalue weighted by molar-refractivity contribution is 0.0939. The molecule has 1 aromatic rings. The van der Waals surface area contributed by atoms with Gasteiger partial charge in [-0.3, -0.25) is 4.79 Å². The lowest BCUT2D eigenvalue weighted by Gasteiger charge is -2.17. The number of para-hydroxylation sites is 1. The van der Waals surface area contributed by atoms with Crippen LogP contribution in [0.4, 0.5) is 5.69 Å². The Balaban J connectivity index is 2.41. The predicted molar refractivity (Wildman–Crippen MR) is 137 cm³/mol. The summed E-state index contributed by atoms with van der Waals surface area (Å²) in [5, 5.41) is 12.7. The number of nitrogens with one attached hydrogen (secondary N) is 1. The van der Waals surface area contributed by atoms with Crippen LogP contribution in [0.3, 0.4) is 0 Å². The maximum Gasteiger partial charge on any atom is 0.253 e. The molecule has 1 aromatic carbocycles. The zero-order valence-corrected chi connectivity index (χ0v) is 20.2. The molecule has 0 aliphatic heterocycles. The number of carbonyl (C=O) groups excluding carboxylic acids is 1. The highest BCUT2D eigenvalue weighted by Crippen LogP contribution is 2.15. The second kappa shape index (κ2) is 14.6. The van der Waals surface area contributed by atoms with Gasteiger partial charge in [-0.15, -0.1) is 0 Å². The summed E-state index contributed by atoms with van der Waals surface area (Å²) < 4.78 is 0. The van der Waals surface area contributed by atoms with E-state index in [4.69, 9.17) is 5.73 Å². The van der Waals surface area contributed by atoms with Gasteiger partial charge in [-0.1, -0.05) is 53.7 Å². The molecule has 0 bridgehead atoms. The molecule has 0 saturated carbocycles. The van der Waals surface area contributed by atoms with Crippen LogP contribution < -0.4 is 11.1 Å². The minimum atomic E-state index is -0.516. The smallest absolute Gasteiger partial charge is 0.253 e. The summed E-state index contributed by atoms with van der Waals surface area (Å²) in [6.07, 6.45) is 11.2. The summed E-state index contributed by atoms with van der Waals surface area (Å²) >= 11 is 1.65. The minimum absolute atomic E-state index is 0.0511. The molecule has 4 N–H and O–H groups in total.